The van der Waals surface area contributed by atoms with Crippen LogP contribution in [-0.2, 0) is 14.9 Å². The molecule has 3 rings (SSSR count). The molecule has 33 heavy (non-hydrogen) atoms. The lowest BCUT2D eigenvalue weighted by Gasteiger charge is -2.42. The summed E-state index contributed by atoms with van der Waals surface area (Å²) >= 11 is 3.46. The van der Waals surface area contributed by atoms with Crippen LogP contribution in [0.4, 0.5) is 19.3 Å². The number of hydrogen-bond donors (Lipinski definition) is 1. The van der Waals surface area contributed by atoms with Gasteiger partial charge < -0.3 is 15.0 Å². The molecule has 0 unspecified atom stereocenters. The number of nitrogens with one attached hydrogen (secondary N) is 1. The molecule has 1 heterocycles. The van der Waals surface area contributed by atoms with Crippen molar-refractivity contribution < 1.29 is 23.1 Å². The number of benzene rings is 2. The third-order valence-electron chi connectivity index (χ3n) is 5.86. The first-order chi connectivity index (χ1) is 15.5. The van der Waals surface area contributed by atoms with Gasteiger partial charge in [-0.25, -0.2) is 13.6 Å². The largest absolute Gasteiger partial charge is 0.444 e. The lowest BCUT2D eigenvalue weighted by molar-refractivity contribution is -0.116. The second-order valence-electron chi connectivity index (χ2n) is 9.43. The maximum atomic E-state index is 13.5. The van der Waals surface area contributed by atoms with Gasteiger partial charge in [-0.3, -0.25) is 4.79 Å². The van der Waals surface area contributed by atoms with Crippen molar-refractivity contribution in [3.8, 4) is 0 Å². The van der Waals surface area contributed by atoms with Crippen molar-refractivity contribution in [1.82, 2.24) is 4.90 Å². The smallest absolute Gasteiger partial charge is 0.410 e. The zero-order valence-corrected chi connectivity index (χ0v) is 20.7. The van der Waals surface area contributed by atoms with Gasteiger partial charge in [0.05, 0.1) is 0 Å². The Balaban J connectivity index is 1.70. The predicted octanol–water partition coefficient (Wildman–Crippen LogP) is 6.41. The van der Waals surface area contributed by atoms with Crippen molar-refractivity contribution in [2.24, 2.45) is 0 Å². The van der Waals surface area contributed by atoms with Gasteiger partial charge in [0.2, 0.25) is 5.91 Å². The Morgan fingerprint density at radius 3 is 2.27 bits per heavy atom. The SMILES string of the molecule is CC(C)(C)OC(=O)N1CCC(CCC(=O)Nc2ccc(F)c(F)c2)(c2ccc(Br)cc2)CC1. The molecular formula is C25H29BrF2N2O3. The average molecular weight is 523 g/mol. The molecule has 2 amide bonds. The summed E-state index contributed by atoms with van der Waals surface area (Å²) in [5.41, 5.74) is 0.478. The summed E-state index contributed by atoms with van der Waals surface area (Å²) in [6.07, 6.45) is 1.81. The highest BCUT2D eigenvalue weighted by atomic mass is 79.9. The van der Waals surface area contributed by atoms with E-state index in [4.69, 9.17) is 4.74 Å². The highest BCUT2D eigenvalue weighted by Crippen LogP contribution is 2.40. The van der Waals surface area contributed by atoms with Crippen LogP contribution in [0.1, 0.15) is 52.0 Å². The minimum atomic E-state index is -1.01. The van der Waals surface area contributed by atoms with E-state index < -0.39 is 17.2 Å². The summed E-state index contributed by atoms with van der Waals surface area (Å²) in [6.45, 7) is 6.57. The van der Waals surface area contributed by atoms with Gasteiger partial charge in [-0.1, -0.05) is 28.1 Å². The lowest BCUT2D eigenvalue weighted by Crippen LogP contribution is -2.47. The van der Waals surface area contributed by atoms with E-state index in [1.54, 1.807) is 4.90 Å². The van der Waals surface area contributed by atoms with E-state index in [1.165, 1.54) is 6.07 Å². The predicted molar refractivity (Wildman–Crippen MR) is 127 cm³/mol. The first-order valence-corrected chi connectivity index (χ1v) is 11.8. The quantitative estimate of drug-likeness (QED) is 0.493. The highest BCUT2D eigenvalue weighted by molar-refractivity contribution is 9.10. The van der Waals surface area contributed by atoms with Crippen LogP contribution in [0.15, 0.2) is 46.9 Å². The second-order valence-corrected chi connectivity index (χ2v) is 10.3. The van der Waals surface area contributed by atoms with Crippen LogP contribution in [-0.4, -0.2) is 35.6 Å². The van der Waals surface area contributed by atoms with Crippen molar-refractivity contribution in [3.05, 3.63) is 64.1 Å². The molecule has 1 fully saturated rings. The van der Waals surface area contributed by atoms with E-state index in [0.717, 1.165) is 22.2 Å². The van der Waals surface area contributed by atoms with Crippen LogP contribution < -0.4 is 5.32 Å². The van der Waals surface area contributed by atoms with Crippen LogP contribution in [0.3, 0.4) is 0 Å². The van der Waals surface area contributed by atoms with E-state index in [-0.39, 0.29) is 29.5 Å². The van der Waals surface area contributed by atoms with E-state index >= 15 is 0 Å². The Bertz CT molecular complexity index is 998. The van der Waals surface area contributed by atoms with Gasteiger partial charge in [0.25, 0.3) is 0 Å². The molecule has 0 aromatic heterocycles. The summed E-state index contributed by atoms with van der Waals surface area (Å²) in [6, 6.07) is 11.3. The zero-order valence-electron chi connectivity index (χ0n) is 19.1. The number of halogens is 3. The molecule has 0 spiro atoms. The fourth-order valence-electron chi connectivity index (χ4n) is 4.08. The monoisotopic (exact) mass is 522 g/mol. The Morgan fingerprint density at radius 2 is 1.70 bits per heavy atom. The number of carbonyl (C=O) groups is 2. The lowest BCUT2D eigenvalue weighted by atomic mass is 9.70. The molecule has 1 aliphatic rings. The van der Waals surface area contributed by atoms with Gasteiger partial charge in [-0.15, -0.1) is 0 Å². The number of anilines is 1. The fraction of sp³-hybridized carbons (Fsp3) is 0.440. The van der Waals surface area contributed by atoms with E-state index in [9.17, 15) is 18.4 Å². The van der Waals surface area contributed by atoms with Crippen molar-refractivity contribution in [2.45, 2.75) is 57.5 Å². The number of carbonyl (C=O) groups excluding carboxylic acids is 2. The van der Waals surface area contributed by atoms with Crippen molar-refractivity contribution >= 4 is 33.6 Å². The van der Waals surface area contributed by atoms with E-state index in [2.05, 4.69) is 21.2 Å². The van der Waals surface area contributed by atoms with Crippen LogP contribution in [0.2, 0.25) is 0 Å². The normalized spacial score (nSPS) is 15.8. The maximum Gasteiger partial charge on any atom is 0.410 e. The molecule has 0 atom stereocenters. The van der Waals surface area contributed by atoms with Gasteiger partial charge >= 0.3 is 6.09 Å². The number of likely N-dealkylation sites (tertiary alicyclic amines) is 1. The minimum Gasteiger partial charge on any atom is -0.444 e. The summed E-state index contributed by atoms with van der Waals surface area (Å²) in [4.78, 5) is 26.8. The third kappa shape index (κ3) is 6.76. The second kappa shape index (κ2) is 10.2. The van der Waals surface area contributed by atoms with Gasteiger partial charge in [-0.2, -0.15) is 0 Å². The Labute approximate surface area is 201 Å². The maximum absolute atomic E-state index is 13.5. The molecule has 0 saturated carbocycles. The Hall–Kier alpha value is -2.48. The van der Waals surface area contributed by atoms with Crippen molar-refractivity contribution in [2.75, 3.05) is 18.4 Å². The van der Waals surface area contributed by atoms with Gasteiger partial charge in [0.15, 0.2) is 11.6 Å². The summed E-state index contributed by atoms with van der Waals surface area (Å²) in [7, 11) is 0. The molecule has 0 aliphatic carbocycles. The number of rotatable bonds is 5. The van der Waals surface area contributed by atoms with Crippen LogP contribution in [0.25, 0.3) is 0 Å². The van der Waals surface area contributed by atoms with E-state index in [0.29, 0.717) is 32.4 Å². The van der Waals surface area contributed by atoms with Crippen LogP contribution in [0.5, 0.6) is 0 Å². The molecule has 5 nitrogen and oxygen atoms in total. The molecule has 2 aromatic carbocycles. The first-order valence-electron chi connectivity index (χ1n) is 11.0. The first kappa shape index (κ1) is 25.1. The molecule has 0 radical (unpaired) electrons. The highest BCUT2D eigenvalue weighted by Gasteiger charge is 2.38. The Morgan fingerprint density at radius 1 is 1.06 bits per heavy atom. The van der Waals surface area contributed by atoms with Crippen LogP contribution >= 0.6 is 15.9 Å². The summed E-state index contributed by atoms with van der Waals surface area (Å²) in [5.74, 6) is -2.24. The van der Waals surface area contributed by atoms with Gasteiger partial charge in [-0.05, 0) is 75.3 Å². The summed E-state index contributed by atoms with van der Waals surface area (Å²) in [5, 5.41) is 2.64. The Kier molecular flexibility index (Phi) is 7.77. The number of amides is 2. The topological polar surface area (TPSA) is 58.6 Å². The number of ether oxygens (including phenoxy) is 1. The van der Waals surface area contributed by atoms with Crippen LogP contribution in [0, 0.1) is 11.6 Å². The van der Waals surface area contributed by atoms with Crippen molar-refractivity contribution in [3.63, 3.8) is 0 Å². The minimum absolute atomic E-state index is 0.210. The molecule has 2 aromatic rings. The third-order valence-corrected chi connectivity index (χ3v) is 6.39. The van der Waals surface area contributed by atoms with Gasteiger partial charge in [0, 0.05) is 35.7 Å². The average Bonchev–Trinajstić information content (AvgIpc) is 2.74. The molecule has 1 N–H and O–H groups in total. The number of hydrogen-bond acceptors (Lipinski definition) is 3. The number of piperidine rings is 1. The van der Waals surface area contributed by atoms with Crippen molar-refractivity contribution in [1.29, 1.82) is 0 Å². The zero-order chi connectivity index (χ0) is 24.2. The molecule has 1 aliphatic heterocycles. The molecule has 0 bridgehead atoms. The van der Waals surface area contributed by atoms with Gasteiger partial charge in [0.1, 0.15) is 5.60 Å². The molecule has 8 heteroatoms. The molecular weight excluding hydrogens is 494 g/mol. The number of nitrogens with zero attached hydrogens (tertiary/aromatic N) is 1. The standard InChI is InChI=1S/C25H29BrF2N2O3/c1-24(2,3)33-23(32)30-14-12-25(13-15-30,17-4-6-18(26)7-5-17)11-10-22(31)29-19-8-9-20(27)21(28)16-19/h4-9,16H,10-15H2,1-3H3,(H,29,31). The summed E-state index contributed by atoms with van der Waals surface area (Å²) < 4.78 is 33.1. The molecule has 1 saturated heterocycles. The fourth-order valence-corrected chi connectivity index (χ4v) is 4.34. The molecule has 178 valence electrons. The van der Waals surface area contributed by atoms with E-state index in [1.807, 2.05) is 45.0 Å².